The highest BCUT2D eigenvalue weighted by Gasteiger charge is 2.14. The van der Waals surface area contributed by atoms with Gasteiger partial charge >= 0.3 is 0 Å². The number of fused-ring (bicyclic) bond motifs is 1. The maximum Gasteiger partial charge on any atom is 0.0702 e. The molecule has 1 heterocycles. The molecule has 1 unspecified atom stereocenters. The highest BCUT2D eigenvalue weighted by molar-refractivity contribution is 5.78. The molecule has 0 bridgehead atoms. The molecular weight excluding hydrogens is 224 g/mol. The van der Waals surface area contributed by atoms with Crippen molar-refractivity contribution in [2.45, 2.75) is 32.4 Å². The molecule has 0 fully saturated rings. The largest absolute Gasteiger partial charge is 0.374 e. The third-order valence-corrected chi connectivity index (χ3v) is 2.74. The second-order valence-corrected chi connectivity index (χ2v) is 5.49. The van der Waals surface area contributed by atoms with Gasteiger partial charge in [0.05, 0.1) is 23.8 Å². The van der Waals surface area contributed by atoms with Crippen LogP contribution >= 0.6 is 0 Å². The van der Waals surface area contributed by atoms with Gasteiger partial charge in [-0.05, 0) is 38.5 Å². The fourth-order valence-electron chi connectivity index (χ4n) is 1.73. The van der Waals surface area contributed by atoms with Crippen LogP contribution in [0.5, 0.6) is 0 Å². The van der Waals surface area contributed by atoms with Crippen molar-refractivity contribution >= 4 is 10.9 Å². The summed E-state index contributed by atoms with van der Waals surface area (Å²) in [6, 6.07) is 9.97. The molecule has 1 atom stereocenters. The highest BCUT2D eigenvalue weighted by atomic mass is 16.5. The molecule has 1 aromatic heterocycles. The van der Waals surface area contributed by atoms with Crippen molar-refractivity contribution in [1.82, 2.24) is 4.98 Å². The number of hydrogen-bond donors (Lipinski definition) is 1. The highest BCUT2D eigenvalue weighted by Crippen LogP contribution is 2.18. The van der Waals surface area contributed by atoms with Crippen molar-refractivity contribution in [3.8, 4) is 0 Å². The molecule has 96 valence electrons. The molecule has 2 N–H and O–H groups in total. The number of aromatic nitrogens is 1. The molecule has 3 heteroatoms. The van der Waals surface area contributed by atoms with Gasteiger partial charge in [-0.1, -0.05) is 18.2 Å². The molecule has 0 saturated carbocycles. The SMILES string of the molecule is CC(C)(C)OCC(N)c1cnc2ccccc2c1. The molecule has 0 aliphatic rings. The lowest BCUT2D eigenvalue weighted by Crippen LogP contribution is -2.26. The second kappa shape index (κ2) is 5.04. The summed E-state index contributed by atoms with van der Waals surface area (Å²) in [5.74, 6) is 0. The first-order valence-electron chi connectivity index (χ1n) is 6.20. The summed E-state index contributed by atoms with van der Waals surface area (Å²) in [5.41, 5.74) is 7.97. The molecule has 0 saturated heterocycles. The fraction of sp³-hybridized carbons (Fsp3) is 0.400. The average Bonchev–Trinajstić information content (AvgIpc) is 2.34. The lowest BCUT2D eigenvalue weighted by molar-refractivity contribution is -0.0102. The third kappa shape index (κ3) is 3.28. The molecule has 0 aliphatic heterocycles. The minimum Gasteiger partial charge on any atom is -0.374 e. The van der Waals surface area contributed by atoms with Gasteiger partial charge in [-0.25, -0.2) is 0 Å². The number of para-hydroxylation sites is 1. The van der Waals surface area contributed by atoms with Crippen molar-refractivity contribution in [2.24, 2.45) is 5.73 Å². The van der Waals surface area contributed by atoms with Gasteiger partial charge in [0.25, 0.3) is 0 Å². The van der Waals surface area contributed by atoms with E-state index < -0.39 is 0 Å². The van der Waals surface area contributed by atoms with Crippen LogP contribution < -0.4 is 5.73 Å². The van der Waals surface area contributed by atoms with E-state index in [1.807, 2.05) is 51.2 Å². The van der Waals surface area contributed by atoms with Crippen molar-refractivity contribution in [1.29, 1.82) is 0 Å². The molecule has 2 rings (SSSR count). The maximum absolute atomic E-state index is 6.13. The van der Waals surface area contributed by atoms with E-state index in [1.165, 1.54) is 0 Å². The molecule has 0 amide bonds. The molecule has 18 heavy (non-hydrogen) atoms. The first-order chi connectivity index (χ1) is 8.46. The zero-order valence-corrected chi connectivity index (χ0v) is 11.2. The van der Waals surface area contributed by atoms with Crippen molar-refractivity contribution in [3.05, 3.63) is 42.1 Å². The Bertz CT molecular complexity index is 531. The zero-order chi connectivity index (χ0) is 13.2. The van der Waals surface area contributed by atoms with Gasteiger partial charge in [-0.15, -0.1) is 0 Å². The Balaban J connectivity index is 2.15. The van der Waals surface area contributed by atoms with E-state index in [9.17, 15) is 0 Å². The number of pyridine rings is 1. The van der Waals surface area contributed by atoms with E-state index in [0.717, 1.165) is 16.5 Å². The van der Waals surface area contributed by atoms with Gasteiger partial charge in [0.1, 0.15) is 0 Å². The predicted octanol–water partition coefficient (Wildman–Crippen LogP) is 3.05. The minimum atomic E-state index is -0.165. The molecule has 0 radical (unpaired) electrons. The molecular formula is C15H20N2O. The van der Waals surface area contributed by atoms with Crippen LogP contribution in [-0.2, 0) is 4.74 Å². The van der Waals surface area contributed by atoms with Gasteiger partial charge in [0.15, 0.2) is 0 Å². The Kier molecular flexibility index (Phi) is 3.64. The molecule has 3 nitrogen and oxygen atoms in total. The van der Waals surface area contributed by atoms with E-state index in [-0.39, 0.29) is 11.6 Å². The minimum absolute atomic E-state index is 0.138. The van der Waals surface area contributed by atoms with Crippen molar-refractivity contribution in [2.75, 3.05) is 6.61 Å². The van der Waals surface area contributed by atoms with Crippen molar-refractivity contribution < 1.29 is 4.74 Å². The Labute approximate surface area is 108 Å². The summed E-state index contributed by atoms with van der Waals surface area (Å²) in [6.07, 6.45) is 1.83. The van der Waals surface area contributed by atoms with E-state index in [4.69, 9.17) is 10.5 Å². The molecule has 2 aromatic rings. The first-order valence-corrected chi connectivity index (χ1v) is 6.20. The van der Waals surface area contributed by atoms with E-state index in [0.29, 0.717) is 6.61 Å². The fourth-order valence-corrected chi connectivity index (χ4v) is 1.73. The third-order valence-electron chi connectivity index (χ3n) is 2.74. The number of ether oxygens (including phenoxy) is 1. The van der Waals surface area contributed by atoms with Gasteiger partial charge in [0.2, 0.25) is 0 Å². The second-order valence-electron chi connectivity index (χ2n) is 5.49. The Morgan fingerprint density at radius 3 is 2.72 bits per heavy atom. The molecule has 0 spiro atoms. The van der Waals surface area contributed by atoms with Crippen LogP contribution in [0.1, 0.15) is 32.4 Å². The smallest absolute Gasteiger partial charge is 0.0702 e. The number of nitrogens with zero attached hydrogens (tertiary/aromatic N) is 1. The number of rotatable bonds is 3. The van der Waals surface area contributed by atoms with Crippen LogP contribution in [0.25, 0.3) is 10.9 Å². The summed E-state index contributed by atoms with van der Waals surface area (Å²) >= 11 is 0. The summed E-state index contributed by atoms with van der Waals surface area (Å²) in [5, 5.41) is 1.11. The summed E-state index contributed by atoms with van der Waals surface area (Å²) in [6.45, 7) is 6.58. The molecule has 0 aliphatic carbocycles. The van der Waals surface area contributed by atoms with E-state index in [2.05, 4.69) is 11.1 Å². The van der Waals surface area contributed by atoms with Crippen LogP contribution in [0, 0.1) is 0 Å². The Morgan fingerprint density at radius 2 is 2.00 bits per heavy atom. The summed E-state index contributed by atoms with van der Waals surface area (Å²) in [4.78, 5) is 4.41. The number of benzene rings is 1. The lowest BCUT2D eigenvalue weighted by Gasteiger charge is -2.22. The Morgan fingerprint density at radius 1 is 1.28 bits per heavy atom. The standard InChI is InChI=1S/C15H20N2O/c1-15(2,3)18-10-13(16)12-8-11-6-4-5-7-14(11)17-9-12/h4-9,13H,10,16H2,1-3H3. The van der Waals surface area contributed by atoms with E-state index >= 15 is 0 Å². The van der Waals surface area contributed by atoms with Gasteiger partial charge in [-0.2, -0.15) is 0 Å². The topological polar surface area (TPSA) is 48.1 Å². The van der Waals surface area contributed by atoms with Gasteiger partial charge in [-0.3, -0.25) is 4.98 Å². The number of nitrogens with two attached hydrogens (primary N) is 1. The average molecular weight is 244 g/mol. The van der Waals surface area contributed by atoms with Crippen LogP contribution in [0.4, 0.5) is 0 Å². The Hall–Kier alpha value is -1.45. The number of hydrogen-bond acceptors (Lipinski definition) is 3. The quantitative estimate of drug-likeness (QED) is 0.902. The van der Waals surface area contributed by atoms with Crippen molar-refractivity contribution in [3.63, 3.8) is 0 Å². The van der Waals surface area contributed by atoms with Crippen LogP contribution in [-0.4, -0.2) is 17.2 Å². The normalized spacial score (nSPS) is 13.8. The lowest BCUT2D eigenvalue weighted by atomic mass is 10.1. The van der Waals surface area contributed by atoms with Crippen LogP contribution in [0.15, 0.2) is 36.5 Å². The monoisotopic (exact) mass is 244 g/mol. The first kappa shape index (κ1) is 13.0. The van der Waals surface area contributed by atoms with Crippen LogP contribution in [0.2, 0.25) is 0 Å². The van der Waals surface area contributed by atoms with Crippen LogP contribution in [0.3, 0.4) is 0 Å². The molecule has 1 aromatic carbocycles. The predicted molar refractivity (Wildman–Crippen MR) is 74.4 cm³/mol. The zero-order valence-electron chi connectivity index (χ0n) is 11.2. The summed E-state index contributed by atoms with van der Waals surface area (Å²) in [7, 11) is 0. The van der Waals surface area contributed by atoms with Gasteiger partial charge in [0, 0.05) is 11.6 Å². The van der Waals surface area contributed by atoms with Gasteiger partial charge < -0.3 is 10.5 Å². The summed E-state index contributed by atoms with van der Waals surface area (Å²) < 4.78 is 5.70. The maximum atomic E-state index is 6.13. The van der Waals surface area contributed by atoms with E-state index in [1.54, 1.807) is 0 Å².